The molecule has 2 aromatic heterocycles. The Bertz CT molecular complexity index is 1680. The smallest absolute Gasteiger partial charge is 0.334 e. The van der Waals surface area contributed by atoms with Crippen LogP contribution in [0.3, 0.4) is 0 Å². The number of hydrogen-bond donors (Lipinski definition) is 1. The summed E-state index contributed by atoms with van der Waals surface area (Å²) in [6, 6.07) is 7.05. The Labute approximate surface area is 228 Å². The van der Waals surface area contributed by atoms with Gasteiger partial charge in [-0.05, 0) is 25.1 Å². The van der Waals surface area contributed by atoms with Crippen molar-refractivity contribution in [1.82, 2.24) is 9.97 Å². The van der Waals surface area contributed by atoms with Gasteiger partial charge in [-0.15, -0.1) is 0 Å². The summed E-state index contributed by atoms with van der Waals surface area (Å²) in [4.78, 5) is 29.4. The number of rotatable bonds is 6. The summed E-state index contributed by atoms with van der Waals surface area (Å²) in [7, 11) is 4.09. The molecule has 0 atom stereocenters. The Morgan fingerprint density at radius 1 is 1.15 bits per heavy atom. The summed E-state index contributed by atoms with van der Waals surface area (Å²) in [5.41, 5.74) is 9.35. The van der Waals surface area contributed by atoms with E-state index in [1.807, 2.05) is 0 Å². The number of amides is 2. The molecular weight excluding hydrogens is 522 g/mol. The van der Waals surface area contributed by atoms with E-state index in [-0.39, 0.29) is 18.0 Å². The van der Waals surface area contributed by atoms with Crippen LogP contribution in [0.15, 0.2) is 51.6 Å². The quantitative estimate of drug-likeness (QED) is 0.316. The number of allylic oxidation sites excluding steroid dienone is 2. The zero-order valence-electron chi connectivity index (χ0n) is 22.5. The maximum absolute atomic E-state index is 15.6. The Balaban J connectivity index is 1.75. The number of halogens is 2. The van der Waals surface area contributed by atoms with Crippen molar-refractivity contribution in [2.75, 3.05) is 31.1 Å². The van der Waals surface area contributed by atoms with Crippen molar-refractivity contribution in [2.24, 2.45) is 10.7 Å². The number of pyridine rings is 1. The van der Waals surface area contributed by atoms with E-state index in [4.69, 9.17) is 19.6 Å². The molecule has 0 saturated carbocycles. The minimum Gasteiger partial charge on any atom is -0.493 e. The fourth-order valence-electron chi connectivity index (χ4n) is 4.61. The first kappa shape index (κ1) is 26.6. The van der Waals surface area contributed by atoms with Crippen molar-refractivity contribution < 1.29 is 27.5 Å². The van der Waals surface area contributed by atoms with E-state index in [0.29, 0.717) is 50.9 Å². The third-order valence-electron chi connectivity index (χ3n) is 6.47. The average Bonchev–Trinajstić information content (AvgIpc) is 3.31. The van der Waals surface area contributed by atoms with Crippen LogP contribution in [0.2, 0.25) is 0 Å². The first-order valence-electron chi connectivity index (χ1n) is 12.1. The largest absolute Gasteiger partial charge is 0.493 e. The van der Waals surface area contributed by atoms with Gasteiger partial charge in [0.05, 0.1) is 37.8 Å². The first-order chi connectivity index (χ1) is 19.2. The van der Waals surface area contributed by atoms with Crippen molar-refractivity contribution in [2.45, 2.75) is 20.4 Å². The average molecular weight is 549 g/mol. The fraction of sp³-hybridized carbons (Fsp3) is 0.214. The van der Waals surface area contributed by atoms with E-state index >= 15 is 8.78 Å². The minimum absolute atomic E-state index is 0.186. The van der Waals surface area contributed by atoms with Crippen molar-refractivity contribution in [1.29, 1.82) is 0 Å². The molecular formula is C28H26F2N6O4. The SMILES string of the molecule is CN=CC(=C(C)N)c1cc2c(cn1)CN(c1c(F)c(OC)cc(OC)c1F)C(=O)N2c1ccc2nc(C)oc2c1. The van der Waals surface area contributed by atoms with Gasteiger partial charge in [0.25, 0.3) is 0 Å². The van der Waals surface area contributed by atoms with Crippen LogP contribution in [0.4, 0.5) is 30.6 Å². The van der Waals surface area contributed by atoms with Gasteiger partial charge in [0.1, 0.15) is 11.2 Å². The van der Waals surface area contributed by atoms with E-state index in [1.165, 1.54) is 25.3 Å². The summed E-state index contributed by atoms with van der Waals surface area (Å²) in [5.74, 6) is -2.21. The van der Waals surface area contributed by atoms with Crippen LogP contribution in [-0.4, -0.2) is 43.5 Å². The zero-order chi connectivity index (χ0) is 28.7. The summed E-state index contributed by atoms with van der Waals surface area (Å²) in [6.45, 7) is 3.24. The number of nitrogens with zero attached hydrogens (tertiary/aromatic N) is 5. The number of aliphatic imine (C=N–C) groups is 1. The molecule has 0 fully saturated rings. The summed E-state index contributed by atoms with van der Waals surface area (Å²) in [6.07, 6.45) is 3.11. The molecule has 2 amide bonds. The van der Waals surface area contributed by atoms with Crippen LogP contribution < -0.4 is 25.0 Å². The van der Waals surface area contributed by atoms with Gasteiger partial charge >= 0.3 is 6.03 Å². The number of fused-ring (bicyclic) bond motifs is 2. The molecule has 12 heteroatoms. The van der Waals surface area contributed by atoms with Gasteiger partial charge < -0.3 is 19.6 Å². The van der Waals surface area contributed by atoms with E-state index in [1.54, 1.807) is 51.4 Å². The Kier molecular flexibility index (Phi) is 6.84. The Hall–Kier alpha value is -5.00. The van der Waals surface area contributed by atoms with Gasteiger partial charge in [-0.2, -0.15) is 0 Å². The van der Waals surface area contributed by atoms with Crippen molar-refractivity contribution in [3.8, 4) is 11.5 Å². The number of oxazole rings is 1. The predicted octanol–water partition coefficient (Wildman–Crippen LogP) is 5.50. The van der Waals surface area contributed by atoms with Crippen LogP contribution in [0.5, 0.6) is 11.5 Å². The number of benzene rings is 2. The first-order valence-corrected chi connectivity index (χ1v) is 12.1. The lowest BCUT2D eigenvalue weighted by Crippen LogP contribution is -2.46. The summed E-state index contributed by atoms with van der Waals surface area (Å²) < 4.78 is 47.0. The maximum Gasteiger partial charge on any atom is 0.334 e. The van der Waals surface area contributed by atoms with Crippen LogP contribution in [-0.2, 0) is 6.54 Å². The second kappa shape index (κ2) is 10.3. The number of carbonyl (C=O) groups is 1. The lowest BCUT2D eigenvalue weighted by atomic mass is 10.0. The van der Waals surface area contributed by atoms with E-state index in [2.05, 4.69) is 15.0 Å². The number of carbonyl (C=O) groups excluding carboxylic acids is 1. The lowest BCUT2D eigenvalue weighted by molar-refractivity contribution is 0.251. The van der Waals surface area contributed by atoms with Crippen LogP contribution in [0.25, 0.3) is 16.7 Å². The van der Waals surface area contributed by atoms with Crippen LogP contribution in [0.1, 0.15) is 24.1 Å². The van der Waals surface area contributed by atoms with E-state index in [0.717, 1.165) is 11.0 Å². The number of nitrogens with two attached hydrogens (primary N) is 1. The molecule has 10 nitrogen and oxygen atoms in total. The molecule has 1 aliphatic rings. The molecule has 0 unspecified atom stereocenters. The number of ether oxygens (including phenoxy) is 2. The Morgan fingerprint density at radius 2 is 1.85 bits per heavy atom. The molecule has 0 bridgehead atoms. The van der Waals surface area contributed by atoms with Crippen molar-refractivity contribution in [3.63, 3.8) is 0 Å². The second-order valence-corrected chi connectivity index (χ2v) is 9.03. The lowest BCUT2D eigenvalue weighted by Gasteiger charge is -2.37. The molecule has 3 heterocycles. The van der Waals surface area contributed by atoms with Gasteiger partial charge in [-0.3, -0.25) is 19.8 Å². The summed E-state index contributed by atoms with van der Waals surface area (Å²) in [5, 5.41) is 0. The number of aryl methyl sites for hydroxylation is 1. The number of anilines is 3. The molecule has 0 saturated heterocycles. The van der Waals surface area contributed by atoms with Gasteiger partial charge in [-0.1, -0.05) is 0 Å². The molecule has 0 radical (unpaired) electrons. The molecule has 0 spiro atoms. The standard InChI is InChI=1S/C28H26F2N6O4/c1-14(31)18(12-32-3)20-9-21-16(11-33-20)13-35(27-25(29)23(38-4)10-24(39-5)26(27)30)28(37)36(21)17-6-7-19-22(8-17)40-15(2)34-19/h6-12H,13,31H2,1-5H3. The normalized spacial score (nSPS) is 14.1. The maximum atomic E-state index is 15.6. The topological polar surface area (TPSA) is 119 Å². The van der Waals surface area contributed by atoms with Gasteiger partial charge in [0.2, 0.25) is 0 Å². The van der Waals surface area contributed by atoms with Crippen molar-refractivity contribution >= 4 is 46.0 Å². The van der Waals surface area contributed by atoms with Gasteiger partial charge in [-0.25, -0.2) is 18.6 Å². The third kappa shape index (κ3) is 4.36. The van der Waals surface area contributed by atoms with Crippen LogP contribution >= 0.6 is 0 Å². The number of methoxy groups -OCH3 is 2. The summed E-state index contributed by atoms with van der Waals surface area (Å²) >= 11 is 0. The highest BCUT2D eigenvalue weighted by Gasteiger charge is 2.38. The molecule has 2 aromatic carbocycles. The highest BCUT2D eigenvalue weighted by Crippen LogP contribution is 2.43. The monoisotopic (exact) mass is 548 g/mol. The van der Waals surface area contributed by atoms with Crippen LogP contribution in [0, 0.1) is 18.6 Å². The molecule has 40 heavy (non-hydrogen) atoms. The number of aromatic nitrogens is 2. The molecule has 1 aliphatic heterocycles. The van der Waals surface area contributed by atoms with Crippen molar-refractivity contribution in [3.05, 3.63) is 71.0 Å². The fourth-order valence-corrected chi connectivity index (χ4v) is 4.61. The molecule has 206 valence electrons. The van der Waals surface area contributed by atoms with Gasteiger partial charge in [0, 0.05) is 55.3 Å². The number of urea groups is 1. The number of hydrogen-bond acceptors (Lipinski definition) is 8. The molecule has 0 aliphatic carbocycles. The second-order valence-electron chi connectivity index (χ2n) is 9.03. The highest BCUT2D eigenvalue weighted by molar-refractivity contribution is 6.13. The third-order valence-corrected chi connectivity index (χ3v) is 6.47. The predicted molar refractivity (Wildman–Crippen MR) is 147 cm³/mol. The molecule has 2 N–H and O–H groups in total. The minimum atomic E-state index is -1.05. The van der Waals surface area contributed by atoms with Gasteiger partial charge in [0.15, 0.2) is 34.6 Å². The van der Waals surface area contributed by atoms with E-state index < -0.39 is 23.4 Å². The molecule has 4 aromatic rings. The Morgan fingerprint density at radius 3 is 2.48 bits per heavy atom. The highest BCUT2D eigenvalue weighted by atomic mass is 19.1. The molecule has 5 rings (SSSR count). The zero-order valence-corrected chi connectivity index (χ0v) is 22.5. The van der Waals surface area contributed by atoms with E-state index in [9.17, 15) is 4.79 Å².